The number of nitrogen functional groups attached to an aromatic ring is 1. The van der Waals surface area contributed by atoms with Crippen molar-refractivity contribution in [1.82, 2.24) is 15.0 Å². The van der Waals surface area contributed by atoms with Gasteiger partial charge in [0, 0.05) is 18.3 Å². The lowest BCUT2D eigenvalue weighted by molar-refractivity contribution is 0.122. The van der Waals surface area contributed by atoms with Crippen molar-refractivity contribution in [2.75, 3.05) is 36.9 Å². The fourth-order valence-electron chi connectivity index (χ4n) is 2.65. The molecule has 2 fully saturated rings. The van der Waals surface area contributed by atoms with Crippen molar-refractivity contribution < 1.29 is 4.74 Å². The van der Waals surface area contributed by atoms with Crippen molar-refractivity contribution >= 4 is 23.7 Å². The first-order valence-corrected chi connectivity index (χ1v) is 8.20. The molecule has 2 heterocycles. The summed E-state index contributed by atoms with van der Waals surface area (Å²) in [5.41, 5.74) is 5.84. The Bertz CT molecular complexity index is 446. The van der Waals surface area contributed by atoms with Crippen LogP contribution < -0.4 is 10.6 Å². The number of thioether (sulfide) groups is 1. The number of hydrogen-bond acceptors (Lipinski definition) is 7. The number of hydrogen-bond donors (Lipinski definition) is 1. The van der Waals surface area contributed by atoms with E-state index in [1.165, 1.54) is 32.1 Å². The van der Waals surface area contributed by atoms with Crippen LogP contribution >= 0.6 is 11.8 Å². The van der Waals surface area contributed by atoms with Crippen molar-refractivity contribution in [2.24, 2.45) is 0 Å². The molecule has 1 aliphatic heterocycles. The van der Waals surface area contributed by atoms with E-state index in [-0.39, 0.29) is 0 Å². The molecule has 1 saturated heterocycles. The third kappa shape index (κ3) is 3.52. The maximum Gasteiger partial charge on any atom is 0.231 e. The van der Waals surface area contributed by atoms with Crippen molar-refractivity contribution in [2.45, 2.75) is 42.5 Å². The van der Waals surface area contributed by atoms with Gasteiger partial charge in [0.15, 0.2) is 5.16 Å². The van der Waals surface area contributed by atoms with Gasteiger partial charge in [-0.3, -0.25) is 0 Å². The SMILES string of the molecule is Nc1nc(SC2CCCCC2)nc(N2CCOCC2)n1. The average Bonchev–Trinajstić information content (AvgIpc) is 2.49. The number of anilines is 2. The Balaban J connectivity index is 1.71. The summed E-state index contributed by atoms with van der Waals surface area (Å²) >= 11 is 1.76. The summed E-state index contributed by atoms with van der Waals surface area (Å²) in [5.74, 6) is 1.01. The predicted molar refractivity (Wildman–Crippen MR) is 80.0 cm³/mol. The topological polar surface area (TPSA) is 77.2 Å². The molecule has 0 radical (unpaired) electrons. The van der Waals surface area contributed by atoms with Crippen molar-refractivity contribution in [1.29, 1.82) is 0 Å². The van der Waals surface area contributed by atoms with Crippen LogP contribution in [0.5, 0.6) is 0 Å². The number of nitrogens with two attached hydrogens (primary N) is 1. The summed E-state index contributed by atoms with van der Waals surface area (Å²) in [6, 6.07) is 0. The third-order valence-corrected chi connectivity index (χ3v) is 4.94. The van der Waals surface area contributed by atoms with Gasteiger partial charge in [-0.2, -0.15) is 15.0 Å². The first-order chi connectivity index (χ1) is 9.81. The molecule has 0 atom stereocenters. The molecule has 7 heteroatoms. The van der Waals surface area contributed by atoms with Gasteiger partial charge in [0.05, 0.1) is 13.2 Å². The fraction of sp³-hybridized carbons (Fsp3) is 0.769. The maximum absolute atomic E-state index is 5.84. The number of nitrogens with zero attached hydrogens (tertiary/aromatic N) is 4. The van der Waals surface area contributed by atoms with Gasteiger partial charge >= 0.3 is 0 Å². The van der Waals surface area contributed by atoms with Gasteiger partial charge in [-0.25, -0.2) is 0 Å². The third-order valence-electron chi connectivity index (χ3n) is 3.74. The van der Waals surface area contributed by atoms with Crippen LogP contribution in [-0.4, -0.2) is 46.5 Å². The molecule has 1 aliphatic carbocycles. The molecule has 3 rings (SSSR count). The van der Waals surface area contributed by atoms with Crippen molar-refractivity contribution in [3.8, 4) is 0 Å². The average molecular weight is 295 g/mol. The lowest BCUT2D eigenvalue weighted by Gasteiger charge is -2.27. The van der Waals surface area contributed by atoms with E-state index in [1.807, 2.05) is 0 Å². The molecular formula is C13H21N5OS. The van der Waals surface area contributed by atoms with Crippen LogP contribution in [-0.2, 0) is 4.74 Å². The van der Waals surface area contributed by atoms with Gasteiger partial charge in [-0.15, -0.1) is 0 Å². The Hall–Kier alpha value is -1.08. The van der Waals surface area contributed by atoms with E-state index in [0.29, 0.717) is 17.1 Å². The van der Waals surface area contributed by atoms with Crippen LogP contribution in [0, 0.1) is 0 Å². The van der Waals surface area contributed by atoms with Crippen LogP contribution in [0.3, 0.4) is 0 Å². The summed E-state index contributed by atoms with van der Waals surface area (Å²) in [4.78, 5) is 15.2. The summed E-state index contributed by atoms with van der Waals surface area (Å²) in [7, 11) is 0. The highest BCUT2D eigenvalue weighted by molar-refractivity contribution is 7.99. The summed E-state index contributed by atoms with van der Waals surface area (Å²) in [5, 5.41) is 1.40. The monoisotopic (exact) mass is 295 g/mol. The zero-order chi connectivity index (χ0) is 13.8. The molecule has 0 amide bonds. The summed E-state index contributed by atoms with van der Waals surface area (Å²) in [6.45, 7) is 3.07. The quantitative estimate of drug-likeness (QED) is 0.909. The van der Waals surface area contributed by atoms with E-state index >= 15 is 0 Å². The standard InChI is InChI=1S/C13H21N5OS/c14-11-15-12(18-6-8-19-9-7-18)17-13(16-11)20-10-4-2-1-3-5-10/h10H,1-9H2,(H2,14,15,16,17). The van der Waals surface area contributed by atoms with Crippen LogP contribution in [0.4, 0.5) is 11.9 Å². The highest BCUT2D eigenvalue weighted by Gasteiger charge is 2.19. The van der Waals surface area contributed by atoms with Crippen LogP contribution in [0.1, 0.15) is 32.1 Å². The molecular weight excluding hydrogens is 274 g/mol. The normalized spacial score (nSPS) is 21.1. The highest BCUT2D eigenvalue weighted by atomic mass is 32.2. The smallest absolute Gasteiger partial charge is 0.231 e. The van der Waals surface area contributed by atoms with Gasteiger partial charge in [-0.05, 0) is 12.8 Å². The first-order valence-electron chi connectivity index (χ1n) is 7.32. The van der Waals surface area contributed by atoms with E-state index in [2.05, 4.69) is 19.9 Å². The second-order valence-electron chi connectivity index (χ2n) is 5.25. The molecule has 2 N–H and O–H groups in total. The first kappa shape index (κ1) is 13.9. The van der Waals surface area contributed by atoms with E-state index < -0.39 is 0 Å². The number of morpholine rings is 1. The molecule has 1 saturated carbocycles. The molecule has 0 spiro atoms. The minimum absolute atomic E-state index is 0.319. The highest BCUT2D eigenvalue weighted by Crippen LogP contribution is 2.32. The Morgan fingerprint density at radius 1 is 1.05 bits per heavy atom. The van der Waals surface area contributed by atoms with Crippen molar-refractivity contribution in [3.63, 3.8) is 0 Å². The minimum atomic E-state index is 0.319. The zero-order valence-corrected chi connectivity index (χ0v) is 12.4. The molecule has 110 valence electrons. The number of ether oxygens (including phenoxy) is 1. The van der Waals surface area contributed by atoms with E-state index in [1.54, 1.807) is 11.8 Å². The van der Waals surface area contributed by atoms with Crippen LogP contribution in [0.15, 0.2) is 5.16 Å². The van der Waals surface area contributed by atoms with Gasteiger partial charge in [0.25, 0.3) is 0 Å². The Labute approximate surface area is 123 Å². The van der Waals surface area contributed by atoms with Crippen molar-refractivity contribution in [3.05, 3.63) is 0 Å². The number of rotatable bonds is 3. The van der Waals surface area contributed by atoms with Crippen LogP contribution in [0.25, 0.3) is 0 Å². The largest absolute Gasteiger partial charge is 0.378 e. The number of aromatic nitrogens is 3. The Morgan fingerprint density at radius 3 is 2.55 bits per heavy atom. The second kappa shape index (κ2) is 6.58. The molecule has 0 aromatic carbocycles. The summed E-state index contributed by atoms with van der Waals surface area (Å²) in [6.07, 6.45) is 6.49. The molecule has 0 unspecified atom stereocenters. The van der Waals surface area contributed by atoms with Gasteiger partial charge in [-0.1, -0.05) is 31.0 Å². The second-order valence-corrected chi connectivity index (χ2v) is 6.52. The van der Waals surface area contributed by atoms with E-state index in [9.17, 15) is 0 Å². The zero-order valence-electron chi connectivity index (χ0n) is 11.6. The molecule has 0 bridgehead atoms. The van der Waals surface area contributed by atoms with Gasteiger partial charge < -0.3 is 15.4 Å². The molecule has 1 aromatic heterocycles. The lowest BCUT2D eigenvalue weighted by Crippen LogP contribution is -2.37. The lowest BCUT2D eigenvalue weighted by atomic mass is 10.0. The van der Waals surface area contributed by atoms with E-state index in [0.717, 1.165) is 31.5 Å². The maximum atomic E-state index is 5.84. The Kier molecular flexibility index (Phi) is 4.57. The summed E-state index contributed by atoms with van der Waals surface area (Å²) < 4.78 is 5.35. The van der Waals surface area contributed by atoms with Gasteiger partial charge in [0.1, 0.15) is 0 Å². The van der Waals surface area contributed by atoms with Crippen LogP contribution in [0.2, 0.25) is 0 Å². The van der Waals surface area contributed by atoms with E-state index in [4.69, 9.17) is 10.5 Å². The predicted octanol–water partition coefficient (Wildman–Crippen LogP) is 1.72. The fourth-order valence-corrected chi connectivity index (χ4v) is 3.80. The minimum Gasteiger partial charge on any atom is -0.378 e. The molecule has 1 aromatic rings. The van der Waals surface area contributed by atoms with Gasteiger partial charge in [0.2, 0.25) is 11.9 Å². The molecule has 6 nitrogen and oxygen atoms in total. The molecule has 20 heavy (non-hydrogen) atoms. The molecule has 2 aliphatic rings. The Morgan fingerprint density at radius 2 is 1.80 bits per heavy atom.